The number of benzene rings is 1. The summed E-state index contributed by atoms with van der Waals surface area (Å²) in [6.45, 7) is 2.63. The fourth-order valence-corrected chi connectivity index (χ4v) is 3.83. The van der Waals surface area contributed by atoms with Crippen molar-refractivity contribution in [3.63, 3.8) is 0 Å². The predicted octanol–water partition coefficient (Wildman–Crippen LogP) is 4.91. The zero-order chi connectivity index (χ0) is 13.8. The standard InChI is InChI=1S/C18H24IN/c19-18(12-13-18)15-20-14-5-4-10-17(20)11-6-9-16-7-2-1-3-8-16/h1-3,6-9,17H,4-5,10-15H2. The summed E-state index contributed by atoms with van der Waals surface area (Å²) in [5, 5.41) is 0. The van der Waals surface area contributed by atoms with Gasteiger partial charge in [0.15, 0.2) is 0 Å². The third-order valence-electron chi connectivity index (χ3n) is 4.55. The van der Waals surface area contributed by atoms with Crippen molar-refractivity contribution in [2.24, 2.45) is 0 Å². The van der Waals surface area contributed by atoms with Gasteiger partial charge in [0.25, 0.3) is 0 Å². The highest BCUT2D eigenvalue weighted by Gasteiger charge is 2.42. The van der Waals surface area contributed by atoms with Gasteiger partial charge in [0.05, 0.1) is 0 Å². The van der Waals surface area contributed by atoms with Crippen LogP contribution in [0.1, 0.15) is 44.1 Å². The average molecular weight is 381 g/mol. The fraction of sp³-hybridized carbons (Fsp3) is 0.556. The maximum Gasteiger partial charge on any atom is 0.0350 e. The van der Waals surface area contributed by atoms with Gasteiger partial charge in [-0.05, 0) is 44.2 Å². The first-order chi connectivity index (χ1) is 9.75. The molecule has 1 aromatic carbocycles. The molecule has 2 aliphatic rings. The quantitative estimate of drug-likeness (QED) is 0.517. The van der Waals surface area contributed by atoms with Crippen LogP contribution in [0.25, 0.3) is 6.08 Å². The van der Waals surface area contributed by atoms with Gasteiger partial charge in [-0.1, -0.05) is 71.5 Å². The van der Waals surface area contributed by atoms with Gasteiger partial charge in [0.1, 0.15) is 0 Å². The van der Waals surface area contributed by atoms with Crippen LogP contribution >= 0.6 is 22.6 Å². The molecule has 1 unspecified atom stereocenters. The van der Waals surface area contributed by atoms with E-state index in [1.54, 1.807) is 0 Å². The van der Waals surface area contributed by atoms with Crippen LogP contribution in [0.5, 0.6) is 0 Å². The minimum Gasteiger partial charge on any atom is -0.299 e. The normalized spacial score (nSPS) is 25.9. The lowest BCUT2D eigenvalue weighted by Crippen LogP contribution is -2.42. The van der Waals surface area contributed by atoms with E-state index in [-0.39, 0.29) is 0 Å². The van der Waals surface area contributed by atoms with Crippen LogP contribution in [0.2, 0.25) is 0 Å². The van der Waals surface area contributed by atoms with E-state index in [0.29, 0.717) is 3.42 Å². The molecule has 1 aliphatic carbocycles. The van der Waals surface area contributed by atoms with Crippen molar-refractivity contribution in [3.8, 4) is 0 Å². The van der Waals surface area contributed by atoms with Gasteiger partial charge in [-0.3, -0.25) is 4.90 Å². The lowest BCUT2D eigenvalue weighted by Gasteiger charge is -2.36. The lowest BCUT2D eigenvalue weighted by molar-refractivity contribution is 0.149. The summed E-state index contributed by atoms with van der Waals surface area (Å²) in [4.78, 5) is 2.76. The van der Waals surface area contributed by atoms with E-state index in [2.05, 4.69) is 70.0 Å². The first-order valence-electron chi connectivity index (χ1n) is 7.90. The highest BCUT2D eigenvalue weighted by Crippen LogP contribution is 2.46. The van der Waals surface area contributed by atoms with E-state index in [0.717, 1.165) is 6.04 Å². The molecule has 108 valence electrons. The van der Waals surface area contributed by atoms with E-state index in [9.17, 15) is 0 Å². The molecule has 1 heterocycles. The van der Waals surface area contributed by atoms with Crippen LogP contribution in [0.4, 0.5) is 0 Å². The summed E-state index contributed by atoms with van der Waals surface area (Å²) in [5.74, 6) is 0. The van der Waals surface area contributed by atoms with Crippen LogP contribution in [-0.4, -0.2) is 27.5 Å². The third-order valence-corrected chi connectivity index (χ3v) is 5.97. The molecule has 2 fully saturated rings. The van der Waals surface area contributed by atoms with Crippen LogP contribution in [-0.2, 0) is 0 Å². The fourth-order valence-electron chi connectivity index (χ4n) is 3.12. The molecule has 1 saturated heterocycles. The Labute approximate surface area is 136 Å². The monoisotopic (exact) mass is 381 g/mol. The number of alkyl halides is 1. The van der Waals surface area contributed by atoms with Crippen LogP contribution in [0, 0.1) is 0 Å². The first kappa shape index (κ1) is 14.6. The maximum absolute atomic E-state index is 2.76. The zero-order valence-electron chi connectivity index (χ0n) is 12.1. The Morgan fingerprint density at radius 2 is 2.00 bits per heavy atom. The van der Waals surface area contributed by atoms with Crippen molar-refractivity contribution in [2.75, 3.05) is 13.1 Å². The molecule has 1 saturated carbocycles. The second-order valence-electron chi connectivity index (χ2n) is 6.32. The van der Waals surface area contributed by atoms with E-state index in [1.807, 2.05) is 0 Å². The summed E-state index contributed by atoms with van der Waals surface area (Å²) < 4.78 is 0.622. The van der Waals surface area contributed by atoms with Crippen LogP contribution in [0.3, 0.4) is 0 Å². The summed E-state index contributed by atoms with van der Waals surface area (Å²) in [6, 6.07) is 11.4. The average Bonchev–Trinajstić information content (AvgIpc) is 3.19. The smallest absolute Gasteiger partial charge is 0.0350 e. The van der Waals surface area contributed by atoms with Gasteiger partial charge >= 0.3 is 0 Å². The Morgan fingerprint density at radius 1 is 1.20 bits per heavy atom. The molecular formula is C18H24IN. The van der Waals surface area contributed by atoms with Crippen molar-refractivity contribution in [2.45, 2.75) is 48.0 Å². The molecule has 0 radical (unpaired) electrons. The second-order valence-corrected chi connectivity index (χ2v) is 8.61. The molecular weight excluding hydrogens is 357 g/mol. The number of piperidine rings is 1. The van der Waals surface area contributed by atoms with E-state index in [4.69, 9.17) is 0 Å². The molecule has 0 aromatic heterocycles. The van der Waals surface area contributed by atoms with Crippen molar-refractivity contribution < 1.29 is 0 Å². The van der Waals surface area contributed by atoms with Crippen molar-refractivity contribution >= 4 is 28.7 Å². The number of hydrogen-bond donors (Lipinski definition) is 0. The molecule has 1 nitrogen and oxygen atoms in total. The van der Waals surface area contributed by atoms with Gasteiger partial charge in [0, 0.05) is 16.0 Å². The van der Waals surface area contributed by atoms with Crippen LogP contribution < -0.4 is 0 Å². The summed E-state index contributed by atoms with van der Waals surface area (Å²) in [6.07, 6.45) is 12.9. The molecule has 1 aliphatic heterocycles. The Hall–Kier alpha value is -0.350. The van der Waals surface area contributed by atoms with E-state index in [1.165, 1.54) is 57.2 Å². The maximum atomic E-state index is 2.76. The summed E-state index contributed by atoms with van der Waals surface area (Å²) in [7, 11) is 0. The molecule has 0 bridgehead atoms. The summed E-state index contributed by atoms with van der Waals surface area (Å²) in [5.41, 5.74) is 1.32. The number of likely N-dealkylation sites (tertiary alicyclic amines) is 1. The molecule has 0 N–H and O–H groups in total. The summed E-state index contributed by atoms with van der Waals surface area (Å²) >= 11 is 2.69. The molecule has 1 atom stereocenters. The highest BCUT2D eigenvalue weighted by atomic mass is 127. The highest BCUT2D eigenvalue weighted by molar-refractivity contribution is 14.1. The minimum absolute atomic E-state index is 0.622. The first-order valence-corrected chi connectivity index (χ1v) is 8.98. The molecule has 3 rings (SSSR count). The number of rotatable bonds is 5. The van der Waals surface area contributed by atoms with Gasteiger partial charge in [0.2, 0.25) is 0 Å². The topological polar surface area (TPSA) is 3.24 Å². The van der Waals surface area contributed by atoms with Crippen molar-refractivity contribution in [1.82, 2.24) is 4.90 Å². The third kappa shape index (κ3) is 4.08. The van der Waals surface area contributed by atoms with Crippen molar-refractivity contribution in [1.29, 1.82) is 0 Å². The minimum atomic E-state index is 0.622. The Balaban J connectivity index is 1.55. The molecule has 2 heteroatoms. The number of nitrogens with zero attached hydrogens (tertiary/aromatic N) is 1. The van der Waals surface area contributed by atoms with Gasteiger partial charge in [-0.2, -0.15) is 0 Å². The molecule has 1 aromatic rings. The van der Waals surface area contributed by atoms with E-state index < -0.39 is 0 Å². The number of halogens is 1. The molecule has 0 amide bonds. The van der Waals surface area contributed by atoms with Gasteiger partial charge < -0.3 is 0 Å². The predicted molar refractivity (Wildman–Crippen MR) is 95.3 cm³/mol. The van der Waals surface area contributed by atoms with Gasteiger partial charge in [-0.25, -0.2) is 0 Å². The SMILES string of the molecule is IC1(CN2CCCCC2CC=Cc2ccccc2)CC1. The largest absolute Gasteiger partial charge is 0.299 e. The lowest BCUT2D eigenvalue weighted by atomic mass is 9.98. The van der Waals surface area contributed by atoms with E-state index >= 15 is 0 Å². The molecule has 20 heavy (non-hydrogen) atoms. The van der Waals surface area contributed by atoms with Crippen molar-refractivity contribution in [3.05, 3.63) is 42.0 Å². The molecule has 0 spiro atoms. The van der Waals surface area contributed by atoms with Crippen LogP contribution in [0.15, 0.2) is 36.4 Å². The Bertz CT molecular complexity index is 450. The Morgan fingerprint density at radius 3 is 2.75 bits per heavy atom. The second kappa shape index (κ2) is 6.61. The number of hydrogen-bond acceptors (Lipinski definition) is 1. The zero-order valence-corrected chi connectivity index (χ0v) is 14.3. The van der Waals surface area contributed by atoms with Gasteiger partial charge in [-0.15, -0.1) is 0 Å². The Kier molecular flexibility index (Phi) is 4.82.